The highest BCUT2D eigenvalue weighted by atomic mass is 16.2. The zero-order chi connectivity index (χ0) is 18.5. The van der Waals surface area contributed by atoms with Gasteiger partial charge < -0.3 is 10.2 Å². The van der Waals surface area contributed by atoms with Gasteiger partial charge in [-0.25, -0.2) is 0 Å². The first kappa shape index (κ1) is 18.2. The fourth-order valence-corrected chi connectivity index (χ4v) is 3.47. The van der Waals surface area contributed by atoms with Gasteiger partial charge in [0, 0.05) is 26.2 Å². The lowest BCUT2D eigenvalue weighted by molar-refractivity contribution is -0.129. The first-order valence-corrected chi connectivity index (χ1v) is 9.22. The molecule has 1 N–H and O–H groups in total. The summed E-state index contributed by atoms with van der Waals surface area (Å²) < 4.78 is 0. The number of nitrogens with one attached hydrogen (secondary N) is 1. The van der Waals surface area contributed by atoms with Crippen molar-refractivity contribution in [1.29, 1.82) is 0 Å². The van der Waals surface area contributed by atoms with E-state index in [4.69, 9.17) is 0 Å². The maximum absolute atomic E-state index is 12.6. The van der Waals surface area contributed by atoms with E-state index >= 15 is 0 Å². The van der Waals surface area contributed by atoms with Crippen LogP contribution < -0.4 is 5.32 Å². The van der Waals surface area contributed by atoms with Crippen LogP contribution in [0.2, 0.25) is 0 Å². The Bertz CT molecular complexity index is 796. The van der Waals surface area contributed by atoms with Crippen molar-refractivity contribution < 1.29 is 9.59 Å². The van der Waals surface area contributed by atoms with Gasteiger partial charge in [-0.2, -0.15) is 0 Å². The third-order valence-corrected chi connectivity index (χ3v) is 5.06. The molecular weight excluding hydrogens is 324 g/mol. The number of rotatable bonds is 5. The molecule has 0 spiro atoms. The molecule has 0 bridgehead atoms. The van der Waals surface area contributed by atoms with Gasteiger partial charge in [0.1, 0.15) is 0 Å². The van der Waals surface area contributed by atoms with E-state index in [0.29, 0.717) is 18.5 Å². The number of nitrogens with zero attached hydrogens (tertiary/aromatic N) is 1. The van der Waals surface area contributed by atoms with Gasteiger partial charge in [-0.1, -0.05) is 30.3 Å². The first-order valence-electron chi connectivity index (χ1n) is 9.22. The molecule has 2 aromatic rings. The van der Waals surface area contributed by atoms with E-state index in [9.17, 15) is 9.59 Å². The molecule has 0 aromatic heterocycles. The zero-order valence-electron chi connectivity index (χ0n) is 15.5. The van der Waals surface area contributed by atoms with Crippen molar-refractivity contribution in [3.05, 3.63) is 70.3 Å². The van der Waals surface area contributed by atoms with Crippen molar-refractivity contribution in [2.75, 3.05) is 14.1 Å². The minimum Gasteiger partial charge on any atom is -0.355 e. The van der Waals surface area contributed by atoms with Crippen LogP contribution in [0.1, 0.15) is 45.5 Å². The highest BCUT2D eigenvalue weighted by Crippen LogP contribution is 2.22. The molecule has 0 atom stereocenters. The number of carbonyl (C=O) groups excluding carboxylic acids is 2. The Hall–Kier alpha value is -2.62. The lowest BCUT2D eigenvalue weighted by Gasteiger charge is -2.19. The van der Waals surface area contributed by atoms with Gasteiger partial charge >= 0.3 is 0 Å². The number of likely N-dealkylation sites (N-methyl/N-ethyl adjacent to an activating group) is 1. The van der Waals surface area contributed by atoms with Crippen LogP contribution in [0.4, 0.5) is 0 Å². The van der Waals surface area contributed by atoms with Crippen molar-refractivity contribution in [2.45, 2.75) is 38.6 Å². The maximum atomic E-state index is 12.6. The van der Waals surface area contributed by atoms with Crippen molar-refractivity contribution in [3.8, 4) is 0 Å². The Morgan fingerprint density at radius 2 is 1.62 bits per heavy atom. The second-order valence-electron chi connectivity index (χ2n) is 7.01. The molecule has 1 aliphatic carbocycles. The molecule has 0 saturated heterocycles. The van der Waals surface area contributed by atoms with E-state index < -0.39 is 0 Å². The predicted octanol–water partition coefficient (Wildman–Crippen LogP) is 3.13. The van der Waals surface area contributed by atoms with Gasteiger partial charge in [-0.15, -0.1) is 0 Å². The summed E-state index contributed by atoms with van der Waals surface area (Å²) in [5, 5.41) is 2.61. The fraction of sp³-hybridized carbons (Fsp3) is 0.364. The number of benzene rings is 2. The molecular formula is C22H26N2O2. The molecule has 0 heterocycles. The molecule has 4 heteroatoms. The predicted molar refractivity (Wildman–Crippen MR) is 103 cm³/mol. The molecule has 136 valence electrons. The van der Waals surface area contributed by atoms with Crippen molar-refractivity contribution in [3.63, 3.8) is 0 Å². The highest BCUT2D eigenvalue weighted by molar-refractivity contribution is 5.93. The summed E-state index contributed by atoms with van der Waals surface area (Å²) in [7, 11) is 3.44. The molecule has 0 radical (unpaired) electrons. The van der Waals surface area contributed by atoms with E-state index in [0.717, 1.165) is 24.0 Å². The van der Waals surface area contributed by atoms with E-state index in [1.165, 1.54) is 24.0 Å². The monoisotopic (exact) mass is 350 g/mol. The van der Waals surface area contributed by atoms with Gasteiger partial charge in [0.15, 0.2) is 0 Å². The third kappa shape index (κ3) is 4.31. The molecule has 2 amide bonds. The molecule has 0 saturated carbocycles. The Labute approximate surface area is 155 Å². The van der Waals surface area contributed by atoms with Crippen molar-refractivity contribution in [2.24, 2.45) is 0 Å². The third-order valence-electron chi connectivity index (χ3n) is 5.06. The average molecular weight is 350 g/mol. The van der Waals surface area contributed by atoms with Crippen LogP contribution >= 0.6 is 0 Å². The Morgan fingerprint density at radius 1 is 0.962 bits per heavy atom. The first-order chi connectivity index (χ1) is 12.6. The molecule has 0 unspecified atom stereocenters. The summed E-state index contributed by atoms with van der Waals surface area (Å²) in [6.45, 7) is 0.539. The lowest BCUT2D eigenvalue weighted by Crippen LogP contribution is -2.27. The van der Waals surface area contributed by atoms with Crippen LogP contribution in [-0.2, 0) is 30.6 Å². The quantitative estimate of drug-likeness (QED) is 0.901. The number of amides is 2. The van der Waals surface area contributed by atoms with Gasteiger partial charge in [0.05, 0.1) is 6.42 Å². The van der Waals surface area contributed by atoms with Crippen molar-refractivity contribution in [1.82, 2.24) is 10.2 Å². The number of carbonyl (C=O) groups is 2. The molecule has 1 aliphatic rings. The molecule has 26 heavy (non-hydrogen) atoms. The van der Waals surface area contributed by atoms with E-state index in [-0.39, 0.29) is 11.8 Å². The summed E-state index contributed by atoms with van der Waals surface area (Å²) in [5.41, 5.74) is 5.58. The summed E-state index contributed by atoms with van der Waals surface area (Å²) in [6.07, 6.45) is 5.24. The topological polar surface area (TPSA) is 49.4 Å². The SMILES string of the molecule is CNC(=O)c1ccc(CN(C)C(=O)Cc2ccc3c(c2)CCCC3)cc1. The van der Waals surface area contributed by atoms with E-state index in [1.54, 1.807) is 24.1 Å². The van der Waals surface area contributed by atoms with Crippen LogP contribution in [0.3, 0.4) is 0 Å². The number of fused-ring (bicyclic) bond motifs is 1. The normalized spacial score (nSPS) is 13.0. The average Bonchev–Trinajstić information content (AvgIpc) is 2.67. The summed E-state index contributed by atoms with van der Waals surface area (Å²) in [5.74, 6) is 0.00419. The lowest BCUT2D eigenvalue weighted by atomic mass is 9.90. The molecule has 0 aliphatic heterocycles. The number of aryl methyl sites for hydroxylation is 2. The van der Waals surface area contributed by atoms with Crippen LogP contribution in [0.5, 0.6) is 0 Å². The second kappa shape index (κ2) is 8.17. The summed E-state index contributed by atoms with van der Waals surface area (Å²) in [6, 6.07) is 13.9. The molecule has 4 nitrogen and oxygen atoms in total. The van der Waals surface area contributed by atoms with Crippen LogP contribution in [0, 0.1) is 0 Å². The largest absolute Gasteiger partial charge is 0.355 e. The molecule has 3 rings (SSSR count). The maximum Gasteiger partial charge on any atom is 0.251 e. The minimum absolute atomic E-state index is 0.103. The van der Waals surface area contributed by atoms with Crippen LogP contribution in [0.25, 0.3) is 0 Å². The van der Waals surface area contributed by atoms with Gasteiger partial charge in [0.2, 0.25) is 5.91 Å². The second-order valence-corrected chi connectivity index (χ2v) is 7.01. The van der Waals surface area contributed by atoms with Gasteiger partial charge in [0.25, 0.3) is 5.91 Å². The Balaban J connectivity index is 1.60. The smallest absolute Gasteiger partial charge is 0.251 e. The van der Waals surface area contributed by atoms with Crippen LogP contribution in [0.15, 0.2) is 42.5 Å². The fourth-order valence-electron chi connectivity index (χ4n) is 3.47. The highest BCUT2D eigenvalue weighted by Gasteiger charge is 2.14. The van der Waals surface area contributed by atoms with Gasteiger partial charge in [-0.05, 0) is 60.1 Å². The number of hydrogen-bond acceptors (Lipinski definition) is 2. The Morgan fingerprint density at radius 3 is 2.31 bits per heavy atom. The molecule has 0 fully saturated rings. The van der Waals surface area contributed by atoms with Gasteiger partial charge in [-0.3, -0.25) is 9.59 Å². The number of hydrogen-bond donors (Lipinski definition) is 1. The van der Waals surface area contributed by atoms with E-state index in [1.807, 2.05) is 19.2 Å². The summed E-state index contributed by atoms with van der Waals surface area (Å²) >= 11 is 0. The van der Waals surface area contributed by atoms with E-state index in [2.05, 4.69) is 23.5 Å². The summed E-state index contributed by atoms with van der Waals surface area (Å²) in [4.78, 5) is 25.9. The van der Waals surface area contributed by atoms with Crippen LogP contribution in [-0.4, -0.2) is 30.8 Å². The van der Waals surface area contributed by atoms with Crippen molar-refractivity contribution >= 4 is 11.8 Å². The zero-order valence-corrected chi connectivity index (χ0v) is 15.5. The minimum atomic E-state index is -0.103. The molecule has 2 aromatic carbocycles. The Kier molecular flexibility index (Phi) is 5.71. The standard InChI is InChI=1S/C22H26N2O2/c1-23-22(26)19-11-7-16(8-12-19)15-24(2)21(25)14-17-9-10-18-5-3-4-6-20(18)13-17/h7-13H,3-6,14-15H2,1-2H3,(H,23,26).